The molecule has 1 N–H and O–H groups in total. The third kappa shape index (κ3) is 11.7. The Hall–Kier alpha value is -2.81. The Labute approximate surface area is 259 Å². The van der Waals surface area contributed by atoms with E-state index in [1.54, 1.807) is 6.92 Å². The van der Waals surface area contributed by atoms with Gasteiger partial charge in [-0.25, -0.2) is 0 Å². The molecule has 6 nitrogen and oxygen atoms in total. The number of carbonyl (C=O) groups is 1. The largest absolute Gasteiger partial charge is 0.481 e. The fourth-order valence-corrected chi connectivity index (χ4v) is 5.57. The van der Waals surface area contributed by atoms with Crippen LogP contribution in [0.15, 0.2) is 91.0 Å². The summed E-state index contributed by atoms with van der Waals surface area (Å²) in [5, 5.41) is 9.94. The first-order valence-corrected chi connectivity index (χ1v) is 18.2. The number of hydrogen-bond acceptors (Lipinski definition) is 5. The summed E-state index contributed by atoms with van der Waals surface area (Å²) in [5.41, 5.74) is 3.10. The van der Waals surface area contributed by atoms with Crippen LogP contribution in [0.25, 0.3) is 0 Å². The van der Waals surface area contributed by atoms with E-state index in [9.17, 15) is 9.90 Å². The van der Waals surface area contributed by atoms with Gasteiger partial charge in [0.15, 0.2) is 8.32 Å². The van der Waals surface area contributed by atoms with Gasteiger partial charge in [0.05, 0.1) is 37.9 Å². The van der Waals surface area contributed by atoms with Gasteiger partial charge in [0, 0.05) is 6.61 Å². The van der Waals surface area contributed by atoms with Gasteiger partial charge in [-0.2, -0.15) is 0 Å². The van der Waals surface area contributed by atoms with Crippen molar-refractivity contribution in [3.8, 4) is 0 Å². The van der Waals surface area contributed by atoms with Crippen molar-refractivity contribution in [3.05, 3.63) is 108 Å². The average Bonchev–Trinajstić information content (AvgIpc) is 2.98. The molecular weight excluding hydrogens is 556 g/mol. The highest BCUT2D eigenvalue weighted by molar-refractivity contribution is 6.74. The van der Waals surface area contributed by atoms with Gasteiger partial charge in [-0.05, 0) is 47.7 Å². The molecule has 0 aliphatic rings. The van der Waals surface area contributed by atoms with Crippen molar-refractivity contribution in [2.24, 2.45) is 5.92 Å². The maximum Gasteiger partial charge on any atom is 0.306 e. The van der Waals surface area contributed by atoms with Gasteiger partial charge >= 0.3 is 5.97 Å². The second-order valence-electron chi connectivity index (χ2n) is 12.8. The lowest BCUT2D eigenvalue weighted by Crippen LogP contribution is -2.46. The maximum absolute atomic E-state index is 12.0. The first kappa shape index (κ1) is 34.7. The molecule has 3 rings (SSSR count). The number of hydrogen-bond donors (Lipinski definition) is 1. The Morgan fingerprint density at radius 1 is 0.721 bits per heavy atom. The summed E-state index contributed by atoms with van der Waals surface area (Å²) >= 11 is 0. The van der Waals surface area contributed by atoms with Crippen LogP contribution < -0.4 is 0 Å². The normalized spacial score (nSPS) is 15.0. The molecule has 234 valence electrons. The van der Waals surface area contributed by atoms with E-state index >= 15 is 0 Å². The minimum atomic E-state index is -2.00. The van der Waals surface area contributed by atoms with Crippen LogP contribution in [-0.2, 0) is 43.3 Å². The van der Waals surface area contributed by atoms with Crippen LogP contribution in [0.3, 0.4) is 0 Å². The lowest BCUT2D eigenvalue weighted by Gasteiger charge is -2.38. The molecule has 0 spiro atoms. The number of ether oxygens (including phenoxy) is 3. The van der Waals surface area contributed by atoms with Crippen LogP contribution in [-0.4, -0.2) is 44.3 Å². The molecule has 0 aliphatic heterocycles. The second-order valence-corrected chi connectivity index (χ2v) is 17.6. The van der Waals surface area contributed by atoms with E-state index < -0.39 is 38.5 Å². The van der Waals surface area contributed by atoms with E-state index in [-0.39, 0.29) is 11.5 Å². The molecule has 4 atom stereocenters. The van der Waals surface area contributed by atoms with E-state index in [0.29, 0.717) is 32.8 Å². The zero-order valence-corrected chi connectivity index (χ0v) is 27.7. The summed E-state index contributed by atoms with van der Waals surface area (Å²) in [6.07, 6.45) is -0.571. The molecule has 0 saturated heterocycles. The summed E-state index contributed by atoms with van der Waals surface area (Å²) in [4.78, 5) is 12.0. The van der Waals surface area contributed by atoms with Crippen molar-refractivity contribution in [3.63, 3.8) is 0 Å². The zero-order valence-electron chi connectivity index (χ0n) is 26.7. The Morgan fingerprint density at radius 2 is 1.14 bits per heavy atom. The molecule has 7 heteroatoms. The highest BCUT2D eigenvalue weighted by Gasteiger charge is 2.39. The highest BCUT2D eigenvalue weighted by Crippen LogP contribution is 2.37. The minimum Gasteiger partial charge on any atom is -0.481 e. The molecule has 0 amide bonds. The Balaban J connectivity index is 1.93. The standard InChI is InChI=1S/C36H50O6Si/c1-28(35(37)38)24-33(40-26-30-18-12-8-13-19-30)34(41-27-31-20-14-9-15-21-31)32(39-25-29-16-10-7-11-17-29)22-23-42-43(5,6)36(2,3)4/h7-21,28,32-34H,22-27H2,1-6H3,(H,37,38)/t28-,32+,33-,34-/m0/s1. The van der Waals surface area contributed by atoms with Crippen LogP contribution in [0.1, 0.15) is 57.2 Å². The smallest absolute Gasteiger partial charge is 0.306 e. The van der Waals surface area contributed by atoms with Crippen molar-refractivity contribution in [2.75, 3.05) is 6.61 Å². The number of carboxylic acid groups (broad SMARTS) is 1. The zero-order chi connectivity index (χ0) is 31.3. The summed E-state index contributed by atoms with van der Waals surface area (Å²) in [6.45, 7) is 14.5. The van der Waals surface area contributed by atoms with E-state index in [0.717, 1.165) is 16.7 Å². The van der Waals surface area contributed by atoms with Gasteiger partial charge in [-0.3, -0.25) is 4.79 Å². The second kappa shape index (κ2) is 16.9. The van der Waals surface area contributed by atoms with Crippen LogP contribution in [0.5, 0.6) is 0 Å². The first-order valence-electron chi connectivity index (χ1n) is 15.3. The van der Waals surface area contributed by atoms with E-state index in [1.165, 1.54) is 0 Å². The average molecular weight is 607 g/mol. The quantitative estimate of drug-likeness (QED) is 0.147. The third-order valence-corrected chi connectivity index (χ3v) is 12.8. The molecule has 0 saturated carbocycles. The van der Waals surface area contributed by atoms with Gasteiger partial charge in [-0.15, -0.1) is 0 Å². The highest BCUT2D eigenvalue weighted by atomic mass is 28.4. The molecule has 0 unspecified atom stereocenters. The van der Waals surface area contributed by atoms with Gasteiger partial charge in [-0.1, -0.05) is 119 Å². The Bertz CT molecular complexity index is 1200. The van der Waals surface area contributed by atoms with E-state index in [4.69, 9.17) is 18.6 Å². The molecule has 43 heavy (non-hydrogen) atoms. The Morgan fingerprint density at radius 3 is 1.56 bits per heavy atom. The van der Waals surface area contributed by atoms with Gasteiger partial charge in [0.25, 0.3) is 0 Å². The number of carboxylic acids is 1. The van der Waals surface area contributed by atoms with E-state index in [2.05, 4.69) is 33.9 Å². The predicted octanol–water partition coefficient (Wildman–Crippen LogP) is 8.27. The van der Waals surface area contributed by atoms with Crippen molar-refractivity contribution >= 4 is 14.3 Å². The molecule has 0 aliphatic carbocycles. The van der Waals surface area contributed by atoms with Gasteiger partial charge in [0.2, 0.25) is 0 Å². The maximum atomic E-state index is 12.0. The Kier molecular flexibility index (Phi) is 13.6. The van der Waals surface area contributed by atoms with Crippen LogP contribution in [0, 0.1) is 5.92 Å². The molecule has 0 bridgehead atoms. The molecule has 0 radical (unpaired) electrons. The van der Waals surface area contributed by atoms with Gasteiger partial charge in [0.1, 0.15) is 6.10 Å². The lowest BCUT2D eigenvalue weighted by molar-refractivity contribution is -0.164. The first-order chi connectivity index (χ1) is 20.5. The molecule has 3 aromatic carbocycles. The number of rotatable bonds is 18. The van der Waals surface area contributed by atoms with Gasteiger partial charge < -0.3 is 23.7 Å². The fraction of sp³-hybridized carbons (Fsp3) is 0.472. The van der Waals surface area contributed by atoms with Crippen LogP contribution in [0.4, 0.5) is 0 Å². The SMILES string of the molecule is C[C@@H](C[C@H](OCc1ccccc1)[C@@H](OCc1ccccc1)[C@@H](CCO[Si](C)(C)C(C)(C)C)OCc1ccccc1)C(=O)O. The van der Waals surface area contributed by atoms with Crippen molar-refractivity contribution < 1.29 is 28.5 Å². The third-order valence-electron chi connectivity index (χ3n) is 8.31. The molecule has 0 fully saturated rings. The van der Waals surface area contributed by atoms with E-state index in [1.807, 2.05) is 91.0 Å². The number of benzene rings is 3. The summed E-state index contributed by atoms with van der Waals surface area (Å²) in [7, 11) is -2.00. The summed E-state index contributed by atoms with van der Waals surface area (Å²) in [6, 6.07) is 30.0. The van der Waals surface area contributed by atoms with Crippen molar-refractivity contribution in [1.82, 2.24) is 0 Å². The summed E-state index contributed by atoms with van der Waals surface area (Å²) < 4.78 is 26.4. The van der Waals surface area contributed by atoms with Crippen LogP contribution >= 0.6 is 0 Å². The molecular formula is C36H50O6Si. The monoisotopic (exact) mass is 606 g/mol. The topological polar surface area (TPSA) is 74.2 Å². The molecule has 0 aromatic heterocycles. The van der Waals surface area contributed by atoms with Crippen molar-refractivity contribution in [1.29, 1.82) is 0 Å². The fourth-order valence-electron chi connectivity index (χ4n) is 4.51. The lowest BCUT2D eigenvalue weighted by atomic mass is 9.95. The molecule has 0 heterocycles. The summed E-state index contributed by atoms with van der Waals surface area (Å²) in [5.74, 6) is -1.49. The predicted molar refractivity (Wildman–Crippen MR) is 174 cm³/mol. The van der Waals surface area contributed by atoms with Crippen molar-refractivity contribution in [2.45, 2.75) is 96.8 Å². The van der Waals surface area contributed by atoms with Crippen LogP contribution in [0.2, 0.25) is 18.1 Å². The number of aliphatic carboxylic acids is 1. The minimum absolute atomic E-state index is 0.0782. The molecule has 3 aromatic rings.